The quantitative estimate of drug-likeness (QED) is 0.0210. The third-order valence-electron chi connectivity index (χ3n) is 20.5. The average Bonchev–Trinajstić information content (AvgIpc) is 0.931. The Morgan fingerprint density at radius 1 is 0.542 bits per heavy atom. The summed E-state index contributed by atoms with van der Waals surface area (Å²) in [5, 5.41) is 12.9. The number of alkyl carbamates (subject to hydrolysis) is 1. The van der Waals surface area contributed by atoms with Crippen molar-refractivity contribution in [2.75, 3.05) is 65.3 Å². The van der Waals surface area contributed by atoms with Crippen molar-refractivity contribution < 1.29 is 61.3 Å². The van der Waals surface area contributed by atoms with Crippen LogP contribution in [0.1, 0.15) is 119 Å². The number of hydrogen-bond donors (Lipinski definition) is 1. The normalized spacial score (nSPS) is 16.6. The number of imide groups is 1. The second-order valence-electron chi connectivity index (χ2n) is 27.5. The van der Waals surface area contributed by atoms with Crippen molar-refractivity contribution in [1.29, 1.82) is 5.26 Å². The molecule has 10 aromatic rings. The maximum Gasteiger partial charge on any atom is 0.425 e. The molecule has 1 saturated heterocycles. The first-order chi connectivity index (χ1) is 52.3. The van der Waals surface area contributed by atoms with Gasteiger partial charge in [0.1, 0.15) is 61.3 Å². The second kappa shape index (κ2) is 33.1. The first-order valence-electron chi connectivity index (χ1n) is 36.3. The van der Waals surface area contributed by atoms with Crippen LogP contribution < -0.4 is 19.7 Å². The van der Waals surface area contributed by atoms with Gasteiger partial charge in [0, 0.05) is 48.1 Å². The average molecular weight is 1450 g/mol. The van der Waals surface area contributed by atoms with E-state index in [9.17, 15) is 10.1 Å². The Hall–Kier alpha value is -10.6. The van der Waals surface area contributed by atoms with E-state index in [1.165, 1.54) is 0 Å². The third-order valence-corrected chi connectivity index (χ3v) is 22.6. The van der Waals surface area contributed by atoms with E-state index in [2.05, 4.69) is 92.3 Å². The van der Waals surface area contributed by atoms with Crippen molar-refractivity contribution in [2.45, 2.75) is 101 Å². The Morgan fingerprint density at radius 2 is 0.963 bits per heavy atom. The zero-order valence-corrected chi connectivity index (χ0v) is 61.8. The van der Waals surface area contributed by atoms with Crippen molar-refractivity contribution in [1.82, 2.24) is 15.0 Å². The van der Waals surface area contributed by atoms with Crippen molar-refractivity contribution in [3.63, 3.8) is 0 Å². The Bertz CT molecular complexity index is 4540. The van der Waals surface area contributed by atoms with Crippen LogP contribution >= 0.6 is 8.53 Å². The predicted octanol–water partition coefficient (Wildman–Crippen LogP) is 18.1. The molecule has 546 valence electrons. The van der Waals surface area contributed by atoms with Gasteiger partial charge in [0.05, 0.1) is 46.5 Å². The summed E-state index contributed by atoms with van der Waals surface area (Å²) in [5.74, 6) is 0.426. The van der Waals surface area contributed by atoms with E-state index in [1.807, 2.05) is 182 Å². The van der Waals surface area contributed by atoms with Gasteiger partial charge in [-0.3, -0.25) is 0 Å². The van der Waals surface area contributed by atoms with Gasteiger partial charge >= 0.3 is 18.3 Å². The van der Waals surface area contributed by atoms with Gasteiger partial charge in [-0.1, -0.05) is 200 Å². The molecule has 1 aliphatic heterocycles. The molecule has 1 aromatic heterocycles. The molecule has 3 aliphatic carbocycles. The fourth-order valence-corrected chi connectivity index (χ4v) is 17.4. The summed E-state index contributed by atoms with van der Waals surface area (Å²) in [6.07, 6.45) is -5.02. The van der Waals surface area contributed by atoms with Gasteiger partial charge in [-0.25, -0.2) is 24.0 Å². The SMILES string of the molecule is COc1ccc(C(OC[C@H]2O[C@@H](c3cnc(N(C(=O)OCC4c5ccccc5-c5ccccc54)C(=O)OCC4c5ccccc5-c5ccccc54)c(C)c3)[C@H](OCCNC(=O)OCC3c4ccccc4-c4ccccc43)[C@@H]2OP(OCCC#N)N(C(C)C)C(C)C)(c2ccccc2)c2ccc(OC)cc2)cc1. The van der Waals surface area contributed by atoms with Crippen molar-refractivity contribution >= 4 is 32.6 Å². The number of fused-ring (bicyclic) bond motifs is 9. The number of nitrogens with one attached hydrogen (secondary N) is 1. The number of methoxy groups -OCH3 is 2. The topological polar surface area (TPSA) is 199 Å². The standard InChI is InChI=1S/C88H86N5O13P/c1-56(2)93(57(3)4)107(104-48-23-46-89)106-82-80(55-103-88(60-24-9-8-10-25-60,61-38-42-63(97-6)43-39-61)62-40-44-64(98-7)45-41-62)105-81(83(82)99-49-47-90-85(94)100-52-77-71-32-17-11-26-65(71)66-27-12-18-33-72(66)77)59-50-58(5)84(91-51-59)92(86(95)101-53-78-73-34-19-13-28-67(73)68-29-14-20-35-74(68)78)87(96)102-54-79-75-36-21-15-30-69(75)70-31-16-22-37-76(70)79/h8-22,24-45,50-51,56-57,77-83H,23,47-49,52-55H2,1-7H3,(H,90,94)/t80-,81+,82-,83+,107?/m1/s1. The lowest BCUT2D eigenvalue weighted by atomic mass is 9.80. The minimum absolute atomic E-state index is 0.00281. The molecule has 0 radical (unpaired) electrons. The molecule has 18 nitrogen and oxygen atoms in total. The smallest absolute Gasteiger partial charge is 0.425 e. The van der Waals surface area contributed by atoms with Gasteiger partial charge in [-0.2, -0.15) is 10.2 Å². The molecule has 0 saturated carbocycles. The first-order valence-corrected chi connectivity index (χ1v) is 37.5. The minimum Gasteiger partial charge on any atom is -0.497 e. The number of anilines is 1. The highest BCUT2D eigenvalue weighted by atomic mass is 31.2. The molecule has 1 fully saturated rings. The van der Waals surface area contributed by atoms with Gasteiger partial charge in [-0.05, 0) is 154 Å². The van der Waals surface area contributed by atoms with Crippen molar-refractivity contribution in [3.05, 3.63) is 298 Å². The van der Waals surface area contributed by atoms with Crippen LogP contribution in [-0.4, -0.2) is 119 Å². The number of pyridine rings is 1. The highest BCUT2D eigenvalue weighted by Crippen LogP contribution is 2.54. The Labute approximate surface area is 626 Å². The molecule has 0 spiro atoms. The molecule has 14 rings (SSSR count). The number of aromatic nitrogens is 1. The van der Waals surface area contributed by atoms with E-state index in [-0.39, 0.29) is 88.3 Å². The van der Waals surface area contributed by atoms with Gasteiger partial charge in [0.15, 0.2) is 5.82 Å². The first kappa shape index (κ1) is 73.3. The molecule has 0 bridgehead atoms. The number of carbonyl (C=O) groups excluding carboxylic acids is 3. The number of carbonyl (C=O) groups is 3. The summed E-state index contributed by atoms with van der Waals surface area (Å²) in [6.45, 7) is 9.78. The summed E-state index contributed by atoms with van der Waals surface area (Å²) in [4.78, 5) is 50.4. The molecule has 2 heterocycles. The third kappa shape index (κ3) is 15.0. The molecular weight excluding hydrogens is 1370 g/mol. The molecule has 1 unspecified atom stereocenters. The number of nitriles is 1. The second-order valence-corrected chi connectivity index (χ2v) is 28.9. The molecular formula is C88H86N5O13P. The number of ether oxygens (including phenoxy) is 8. The van der Waals surface area contributed by atoms with Crippen LogP contribution in [0.3, 0.4) is 0 Å². The number of rotatable bonds is 28. The molecule has 4 aliphatic rings. The number of benzene rings is 9. The summed E-state index contributed by atoms with van der Waals surface area (Å²) in [7, 11) is 1.24. The zero-order valence-electron chi connectivity index (χ0n) is 60.9. The maximum absolute atomic E-state index is 15.3. The van der Waals surface area contributed by atoms with Gasteiger partial charge in [0.25, 0.3) is 8.53 Å². The van der Waals surface area contributed by atoms with E-state index in [0.29, 0.717) is 22.6 Å². The Balaban J connectivity index is 0.834. The summed E-state index contributed by atoms with van der Waals surface area (Å²) in [5.41, 5.74) is 14.4. The van der Waals surface area contributed by atoms with E-state index in [0.717, 1.165) is 88.4 Å². The molecule has 3 amide bonds. The monoisotopic (exact) mass is 1450 g/mol. The van der Waals surface area contributed by atoms with E-state index in [1.54, 1.807) is 27.3 Å². The highest BCUT2D eigenvalue weighted by molar-refractivity contribution is 7.44. The fourth-order valence-electron chi connectivity index (χ4n) is 15.7. The lowest BCUT2D eigenvalue weighted by Gasteiger charge is -2.39. The van der Waals surface area contributed by atoms with Crippen LogP contribution in [-0.2, 0) is 43.1 Å². The molecule has 9 aromatic carbocycles. The molecule has 107 heavy (non-hydrogen) atoms. The number of hydrogen-bond acceptors (Lipinski definition) is 16. The largest absolute Gasteiger partial charge is 0.497 e. The number of aryl methyl sites for hydroxylation is 1. The van der Waals surface area contributed by atoms with E-state index < -0.39 is 56.8 Å². The fraction of sp³-hybridized carbons (Fsp3) is 0.284. The van der Waals surface area contributed by atoms with Crippen LogP contribution in [0.4, 0.5) is 20.2 Å². The molecule has 5 atom stereocenters. The van der Waals surface area contributed by atoms with E-state index in [4.69, 9.17) is 51.9 Å². The van der Waals surface area contributed by atoms with Crippen molar-refractivity contribution in [3.8, 4) is 50.9 Å². The summed E-state index contributed by atoms with van der Waals surface area (Å²) >= 11 is 0. The molecule has 1 N–H and O–H groups in total. The lowest BCUT2D eigenvalue weighted by molar-refractivity contribution is -0.0807. The van der Waals surface area contributed by atoms with Crippen LogP contribution in [0, 0.1) is 18.3 Å². The zero-order chi connectivity index (χ0) is 74.1. The predicted molar refractivity (Wildman–Crippen MR) is 410 cm³/mol. The van der Waals surface area contributed by atoms with Crippen LogP contribution in [0.25, 0.3) is 33.4 Å². The minimum atomic E-state index is -2.01. The van der Waals surface area contributed by atoms with Gasteiger partial charge < -0.3 is 52.3 Å². The van der Waals surface area contributed by atoms with Crippen molar-refractivity contribution in [2.24, 2.45) is 0 Å². The van der Waals surface area contributed by atoms with Gasteiger partial charge in [0.2, 0.25) is 0 Å². The Morgan fingerprint density at radius 3 is 1.38 bits per heavy atom. The lowest BCUT2D eigenvalue weighted by Crippen LogP contribution is -2.43. The highest BCUT2D eigenvalue weighted by Gasteiger charge is 2.52. The summed E-state index contributed by atoms with van der Waals surface area (Å²) < 4.78 is 68.7. The van der Waals surface area contributed by atoms with Crippen LogP contribution in [0.5, 0.6) is 11.5 Å². The molecule has 19 heteroatoms. The van der Waals surface area contributed by atoms with Crippen LogP contribution in [0.15, 0.2) is 237 Å². The summed E-state index contributed by atoms with van der Waals surface area (Å²) in [6, 6.07) is 77.8. The van der Waals surface area contributed by atoms with E-state index >= 15 is 9.59 Å². The Kier molecular flexibility index (Phi) is 22.7. The number of amides is 3. The number of nitrogens with zero attached hydrogens (tertiary/aromatic N) is 4. The maximum atomic E-state index is 15.3. The van der Waals surface area contributed by atoms with Crippen LogP contribution in [0.2, 0.25) is 0 Å². The van der Waals surface area contributed by atoms with Gasteiger partial charge in [-0.15, -0.1) is 0 Å².